The van der Waals surface area contributed by atoms with E-state index in [9.17, 15) is 4.79 Å². The lowest BCUT2D eigenvalue weighted by molar-refractivity contribution is -0.116. The maximum absolute atomic E-state index is 11.1. The number of hydrogen-bond acceptors (Lipinski definition) is 2. The highest BCUT2D eigenvalue weighted by Gasteiger charge is 1.96. The third-order valence-electron chi connectivity index (χ3n) is 1.59. The number of carbonyl (C=O) groups excluding carboxylic acids is 1. The molecule has 0 aromatic rings. The first-order valence-corrected chi connectivity index (χ1v) is 4.35. The van der Waals surface area contributed by atoms with Crippen molar-refractivity contribution in [1.82, 2.24) is 5.32 Å². The fourth-order valence-corrected chi connectivity index (χ4v) is 0.835. The molecule has 0 fully saturated rings. The van der Waals surface area contributed by atoms with Crippen LogP contribution in [0.2, 0.25) is 0 Å². The zero-order valence-corrected chi connectivity index (χ0v) is 8.96. The fourth-order valence-electron chi connectivity index (χ4n) is 0.835. The molecule has 1 N–H and O–H groups in total. The van der Waals surface area contributed by atoms with Gasteiger partial charge in [0.05, 0.1) is 6.61 Å². The SMILES string of the molecule is C=C(/C=C\C=C(/C)C(=O)NC)COC. The Morgan fingerprint density at radius 1 is 1.57 bits per heavy atom. The number of nitrogens with one attached hydrogen (secondary N) is 1. The van der Waals surface area contributed by atoms with Crippen LogP contribution in [-0.4, -0.2) is 26.7 Å². The third kappa shape index (κ3) is 5.32. The van der Waals surface area contributed by atoms with Crippen LogP contribution in [0.3, 0.4) is 0 Å². The Bertz CT molecular complexity index is 264. The van der Waals surface area contributed by atoms with Crippen molar-refractivity contribution < 1.29 is 9.53 Å². The summed E-state index contributed by atoms with van der Waals surface area (Å²) in [6.07, 6.45) is 5.33. The largest absolute Gasteiger partial charge is 0.380 e. The van der Waals surface area contributed by atoms with Crippen molar-refractivity contribution in [3.05, 3.63) is 36.0 Å². The van der Waals surface area contributed by atoms with E-state index in [-0.39, 0.29) is 5.91 Å². The number of methoxy groups -OCH3 is 1. The zero-order chi connectivity index (χ0) is 11.0. The molecule has 14 heavy (non-hydrogen) atoms. The molecule has 0 aliphatic heterocycles. The molecule has 0 aliphatic rings. The smallest absolute Gasteiger partial charge is 0.246 e. The molecule has 0 aliphatic carbocycles. The van der Waals surface area contributed by atoms with Gasteiger partial charge in [0.25, 0.3) is 0 Å². The van der Waals surface area contributed by atoms with E-state index in [2.05, 4.69) is 11.9 Å². The summed E-state index contributed by atoms with van der Waals surface area (Å²) < 4.78 is 4.88. The molecule has 3 nitrogen and oxygen atoms in total. The fraction of sp³-hybridized carbons (Fsp3) is 0.364. The van der Waals surface area contributed by atoms with Crippen LogP contribution >= 0.6 is 0 Å². The van der Waals surface area contributed by atoms with Crippen molar-refractivity contribution in [3.8, 4) is 0 Å². The minimum Gasteiger partial charge on any atom is -0.380 e. The van der Waals surface area contributed by atoms with E-state index in [1.807, 2.05) is 6.08 Å². The van der Waals surface area contributed by atoms with Gasteiger partial charge in [0.2, 0.25) is 5.91 Å². The second-order valence-corrected chi connectivity index (χ2v) is 2.88. The third-order valence-corrected chi connectivity index (χ3v) is 1.59. The van der Waals surface area contributed by atoms with Crippen LogP contribution in [0.15, 0.2) is 36.0 Å². The Hall–Kier alpha value is -1.35. The van der Waals surface area contributed by atoms with Gasteiger partial charge >= 0.3 is 0 Å². The van der Waals surface area contributed by atoms with Crippen LogP contribution in [0.4, 0.5) is 0 Å². The highest BCUT2D eigenvalue weighted by Crippen LogP contribution is 1.96. The lowest BCUT2D eigenvalue weighted by Crippen LogP contribution is -2.18. The monoisotopic (exact) mass is 195 g/mol. The Morgan fingerprint density at radius 2 is 2.21 bits per heavy atom. The van der Waals surface area contributed by atoms with Crippen molar-refractivity contribution in [2.75, 3.05) is 20.8 Å². The summed E-state index contributed by atoms with van der Waals surface area (Å²) in [5.74, 6) is -0.0768. The van der Waals surface area contributed by atoms with E-state index in [0.29, 0.717) is 12.2 Å². The van der Waals surface area contributed by atoms with Crippen LogP contribution in [0.25, 0.3) is 0 Å². The van der Waals surface area contributed by atoms with E-state index in [1.165, 1.54) is 0 Å². The maximum Gasteiger partial charge on any atom is 0.246 e. The molecule has 1 amide bonds. The predicted molar refractivity (Wildman–Crippen MR) is 58.0 cm³/mol. The van der Waals surface area contributed by atoms with E-state index in [4.69, 9.17) is 4.74 Å². The summed E-state index contributed by atoms with van der Waals surface area (Å²) in [6.45, 7) is 6.02. The average molecular weight is 195 g/mol. The van der Waals surface area contributed by atoms with Crippen molar-refractivity contribution in [1.29, 1.82) is 0 Å². The Morgan fingerprint density at radius 3 is 2.71 bits per heavy atom. The van der Waals surface area contributed by atoms with Crippen LogP contribution in [0.5, 0.6) is 0 Å². The number of hydrogen-bond donors (Lipinski definition) is 1. The average Bonchev–Trinajstić information content (AvgIpc) is 2.16. The van der Waals surface area contributed by atoms with Gasteiger partial charge in [-0.2, -0.15) is 0 Å². The maximum atomic E-state index is 11.1. The summed E-state index contributed by atoms with van der Waals surface area (Å²) in [5, 5.41) is 2.54. The molecule has 0 radical (unpaired) electrons. The standard InChI is InChI=1S/C11H17NO2/c1-9(8-14-4)6-5-7-10(2)11(13)12-3/h5-7H,1,8H2,2-4H3,(H,12,13)/b6-5-,10-7+. The molecule has 0 saturated heterocycles. The lowest BCUT2D eigenvalue weighted by Gasteiger charge is -1.97. The predicted octanol–water partition coefficient (Wildman–Crippen LogP) is 1.44. The molecular formula is C11H17NO2. The van der Waals surface area contributed by atoms with Crippen LogP contribution in [0.1, 0.15) is 6.92 Å². The molecule has 0 unspecified atom stereocenters. The summed E-state index contributed by atoms with van der Waals surface area (Å²) >= 11 is 0. The zero-order valence-electron chi connectivity index (χ0n) is 8.96. The summed E-state index contributed by atoms with van der Waals surface area (Å²) in [6, 6.07) is 0. The molecule has 0 rings (SSSR count). The van der Waals surface area contributed by atoms with E-state index < -0.39 is 0 Å². The van der Waals surface area contributed by atoms with Crippen molar-refractivity contribution >= 4 is 5.91 Å². The highest BCUT2D eigenvalue weighted by atomic mass is 16.5. The summed E-state index contributed by atoms with van der Waals surface area (Å²) in [5.41, 5.74) is 1.53. The molecule has 0 aromatic carbocycles. The van der Waals surface area contributed by atoms with Gasteiger partial charge in [-0.15, -0.1) is 0 Å². The van der Waals surface area contributed by atoms with Gasteiger partial charge in [0.1, 0.15) is 0 Å². The second-order valence-electron chi connectivity index (χ2n) is 2.88. The van der Waals surface area contributed by atoms with Gasteiger partial charge in [0.15, 0.2) is 0 Å². The molecule has 0 aromatic heterocycles. The highest BCUT2D eigenvalue weighted by molar-refractivity contribution is 5.92. The molecule has 0 heterocycles. The van der Waals surface area contributed by atoms with Crippen molar-refractivity contribution in [2.45, 2.75) is 6.92 Å². The first kappa shape index (κ1) is 12.7. The van der Waals surface area contributed by atoms with Crippen molar-refractivity contribution in [2.24, 2.45) is 0 Å². The topological polar surface area (TPSA) is 38.3 Å². The Kier molecular flexibility index (Phi) is 6.41. The molecule has 0 spiro atoms. The number of rotatable bonds is 5. The second kappa shape index (κ2) is 7.09. The Balaban J connectivity index is 4.14. The van der Waals surface area contributed by atoms with Gasteiger partial charge in [-0.1, -0.05) is 24.8 Å². The molecule has 0 saturated carbocycles. The van der Waals surface area contributed by atoms with Gasteiger partial charge in [-0.3, -0.25) is 4.79 Å². The first-order chi connectivity index (χ1) is 6.61. The Labute approximate surface area is 85.1 Å². The first-order valence-electron chi connectivity index (χ1n) is 4.35. The molecule has 78 valence electrons. The van der Waals surface area contributed by atoms with Gasteiger partial charge in [0, 0.05) is 19.7 Å². The molecule has 0 bridgehead atoms. The lowest BCUT2D eigenvalue weighted by atomic mass is 10.2. The minimum absolute atomic E-state index is 0.0768. The number of allylic oxidation sites excluding steroid dienone is 2. The van der Waals surface area contributed by atoms with E-state index in [0.717, 1.165) is 5.57 Å². The van der Waals surface area contributed by atoms with Gasteiger partial charge in [-0.25, -0.2) is 0 Å². The van der Waals surface area contributed by atoms with E-state index in [1.54, 1.807) is 33.2 Å². The number of carbonyl (C=O) groups is 1. The molecule has 3 heteroatoms. The van der Waals surface area contributed by atoms with E-state index >= 15 is 0 Å². The van der Waals surface area contributed by atoms with Crippen LogP contribution in [0, 0.1) is 0 Å². The van der Waals surface area contributed by atoms with Gasteiger partial charge in [-0.05, 0) is 12.5 Å². The van der Waals surface area contributed by atoms with Crippen LogP contribution in [-0.2, 0) is 9.53 Å². The minimum atomic E-state index is -0.0768. The number of ether oxygens (including phenoxy) is 1. The summed E-state index contributed by atoms with van der Waals surface area (Å²) in [4.78, 5) is 11.1. The number of amides is 1. The van der Waals surface area contributed by atoms with Gasteiger partial charge < -0.3 is 10.1 Å². The van der Waals surface area contributed by atoms with Crippen molar-refractivity contribution in [3.63, 3.8) is 0 Å². The molecule has 0 atom stereocenters. The number of likely N-dealkylation sites (N-methyl/N-ethyl adjacent to an activating group) is 1. The summed E-state index contributed by atoms with van der Waals surface area (Å²) in [7, 11) is 3.22. The normalized spacial score (nSPS) is 11.8. The molecular weight excluding hydrogens is 178 g/mol. The quantitative estimate of drug-likeness (QED) is 0.532. The van der Waals surface area contributed by atoms with Crippen LogP contribution < -0.4 is 5.32 Å².